The molecule has 0 radical (unpaired) electrons. The van der Waals surface area contributed by atoms with Crippen LogP contribution < -0.4 is 5.32 Å². The summed E-state index contributed by atoms with van der Waals surface area (Å²) in [4.78, 5) is 23.4. The third kappa shape index (κ3) is 10.7. The maximum absolute atomic E-state index is 9.10. The summed E-state index contributed by atoms with van der Waals surface area (Å²) in [7, 11) is 0. The van der Waals surface area contributed by atoms with Crippen molar-refractivity contribution < 1.29 is 25.3 Å². The lowest BCUT2D eigenvalue weighted by molar-refractivity contribution is -0.159. The van der Waals surface area contributed by atoms with Gasteiger partial charge in [-0.05, 0) is 31.5 Å². The van der Waals surface area contributed by atoms with Crippen molar-refractivity contribution in [3.05, 3.63) is 30.3 Å². The number of hydrogen-bond acceptors (Lipinski definition) is 5. The molecule has 8 nitrogen and oxygen atoms in total. The zero-order chi connectivity index (χ0) is 18.5. The van der Waals surface area contributed by atoms with Crippen molar-refractivity contribution in [3.63, 3.8) is 0 Å². The SMILES string of the molecule is CCCCN1CCCN(CCNc2ccccc2)C1.O.O=C(O)C(=O)O. The standard InChI is InChI=1S/C16H27N3.C2H2O4.H2O/c1-2-3-11-18-12-7-13-19(15-18)14-10-17-16-8-5-4-6-9-16;3-1(4)2(5)6;/h4-6,8-9,17H,2-3,7,10-15H2,1H3;(H,3,4)(H,5,6);1H2. The van der Waals surface area contributed by atoms with Gasteiger partial charge >= 0.3 is 11.9 Å². The first-order valence-corrected chi connectivity index (χ1v) is 8.72. The molecule has 0 aliphatic carbocycles. The van der Waals surface area contributed by atoms with Crippen molar-refractivity contribution in [2.75, 3.05) is 44.7 Å². The van der Waals surface area contributed by atoms with Crippen molar-refractivity contribution in [1.82, 2.24) is 9.80 Å². The summed E-state index contributed by atoms with van der Waals surface area (Å²) in [5, 5.41) is 18.3. The van der Waals surface area contributed by atoms with Crippen molar-refractivity contribution in [1.29, 1.82) is 0 Å². The Hall–Kier alpha value is -2.16. The van der Waals surface area contributed by atoms with Crippen LogP contribution in [0.15, 0.2) is 30.3 Å². The van der Waals surface area contributed by atoms with Gasteiger partial charge in [0, 0.05) is 31.9 Å². The van der Waals surface area contributed by atoms with Gasteiger partial charge in [-0.3, -0.25) is 9.80 Å². The van der Waals surface area contributed by atoms with E-state index in [1.807, 2.05) is 0 Å². The van der Waals surface area contributed by atoms with E-state index in [4.69, 9.17) is 19.8 Å². The fourth-order valence-corrected chi connectivity index (χ4v) is 2.60. The predicted molar refractivity (Wildman–Crippen MR) is 101 cm³/mol. The number of anilines is 1. The molecule has 2 rings (SSSR count). The third-order valence-electron chi connectivity index (χ3n) is 3.89. The zero-order valence-corrected chi connectivity index (χ0v) is 15.4. The monoisotopic (exact) mass is 369 g/mol. The van der Waals surface area contributed by atoms with Crippen molar-refractivity contribution in [2.24, 2.45) is 0 Å². The molecule has 1 aliphatic rings. The van der Waals surface area contributed by atoms with E-state index in [0.29, 0.717) is 0 Å². The maximum Gasteiger partial charge on any atom is 0.414 e. The van der Waals surface area contributed by atoms with Crippen LogP contribution >= 0.6 is 0 Å². The largest absolute Gasteiger partial charge is 0.473 e. The highest BCUT2D eigenvalue weighted by Gasteiger charge is 2.15. The molecule has 1 aromatic rings. The minimum absolute atomic E-state index is 0. The molecule has 1 fully saturated rings. The van der Waals surface area contributed by atoms with E-state index in [-0.39, 0.29) is 5.48 Å². The van der Waals surface area contributed by atoms with Gasteiger partial charge in [-0.2, -0.15) is 0 Å². The molecule has 1 heterocycles. The van der Waals surface area contributed by atoms with Crippen molar-refractivity contribution >= 4 is 17.6 Å². The number of unbranched alkanes of at least 4 members (excludes halogenated alkanes) is 1. The summed E-state index contributed by atoms with van der Waals surface area (Å²) < 4.78 is 0. The van der Waals surface area contributed by atoms with Crippen LogP contribution in [0.2, 0.25) is 0 Å². The molecular weight excluding hydrogens is 338 g/mol. The van der Waals surface area contributed by atoms with Gasteiger partial charge in [0.15, 0.2) is 0 Å². The van der Waals surface area contributed by atoms with Gasteiger partial charge in [-0.1, -0.05) is 31.5 Å². The highest BCUT2D eigenvalue weighted by Crippen LogP contribution is 2.08. The highest BCUT2D eigenvalue weighted by molar-refractivity contribution is 6.27. The van der Waals surface area contributed by atoms with Crippen LogP contribution in [0, 0.1) is 0 Å². The number of carboxylic acid groups (broad SMARTS) is 2. The molecule has 5 N–H and O–H groups in total. The van der Waals surface area contributed by atoms with E-state index in [1.165, 1.54) is 44.6 Å². The van der Waals surface area contributed by atoms with E-state index < -0.39 is 11.9 Å². The van der Waals surface area contributed by atoms with Gasteiger partial charge in [0.05, 0.1) is 6.67 Å². The molecule has 0 atom stereocenters. The lowest BCUT2D eigenvalue weighted by atomic mass is 10.2. The topological polar surface area (TPSA) is 125 Å². The first-order chi connectivity index (χ1) is 12.0. The van der Waals surface area contributed by atoms with Crippen LogP contribution in [0.5, 0.6) is 0 Å². The number of para-hydroxylation sites is 1. The van der Waals surface area contributed by atoms with Gasteiger partial charge in [0.2, 0.25) is 0 Å². The predicted octanol–water partition coefficient (Wildman–Crippen LogP) is 1.19. The van der Waals surface area contributed by atoms with Crippen molar-refractivity contribution in [2.45, 2.75) is 26.2 Å². The molecule has 1 saturated heterocycles. The summed E-state index contributed by atoms with van der Waals surface area (Å²) in [6, 6.07) is 10.5. The summed E-state index contributed by atoms with van der Waals surface area (Å²) in [6.45, 7) is 9.38. The first-order valence-electron chi connectivity index (χ1n) is 8.72. The van der Waals surface area contributed by atoms with Gasteiger partial charge in [-0.15, -0.1) is 0 Å². The van der Waals surface area contributed by atoms with Crippen LogP contribution in [-0.2, 0) is 9.59 Å². The third-order valence-corrected chi connectivity index (χ3v) is 3.89. The smallest absolute Gasteiger partial charge is 0.414 e. The Bertz CT molecular complexity index is 501. The lowest BCUT2D eigenvalue weighted by Gasteiger charge is -2.35. The summed E-state index contributed by atoms with van der Waals surface area (Å²) in [5.74, 6) is -3.65. The number of hydrogen-bond donors (Lipinski definition) is 3. The normalized spacial score (nSPS) is 14.5. The summed E-state index contributed by atoms with van der Waals surface area (Å²) in [5.41, 5.74) is 1.22. The summed E-state index contributed by atoms with van der Waals surface area (Å²) >= 11 is 0. The number of carboxylic acids is 2. The van der Waals surface area contributed by atoms with E-state index in [2.05, 4.69) is 52.4 Å². The number of nitrogens with one attached hydrogen (secondary N) is 1. The molecule has 0 aromatic heterocycles. The molecule has 0 spiro atoms. The van der Waals surface area contributed by atoms with E-state index in [9.17, 15) is 0 Å². The quantitative estimate of drug-likeness (QED) is 0.617. The molecule has 148 valence electrons. The molecule has 0 unspecified atom stereocenters. The van der Waals surface area contributed by atoms with E-state index in [0.717, 1.165) is 19.8 Å². The average Bonchev–Trinajstić information content (AvgIpc) is 2.62. The minimum atomic E-state index is -1.82. The molecule has 0 amide bonds. The fourth-order valence-electron chi connectivity index (χ4n) is 2.60. The Morgan fingerprint density at radius 2 is 1.62 bits per heavy atom. The second kappa shape index (κ2) is 14.1. The highest BCUT2D eigenvalue weighted by atomic mass is 16.4. The molecule has 26 heavy (non-hydrogen) atoms. The van der Waals surface area contributed by atoms with Gasteiger partial charge in [0.25, 0.3) is 0 Å². The summed E-state index contributed by atoms with van der Waals surface area (Å²) in [6.07, 6.45) is 3.94. The Balaban J connectivity index is 0.000000777. The van der Waals surface area contributed by atoms with Crippen molar-refractivity contribution in [3.8, 4) is 0 Å². The molecule has 0 bridgehead atoms. The van der Waals surface area contributed by atoms with Crippen LogP contribution in [-0.4, -0.2) is 76.8 Å². The van der Waals surface area contributed by atoms with Crippen LogP contribution in [0.1, 0.15) is 26.2 Å². The van der Waals surface area contributed by atoms with Crippen LogP contribution in [0.4, 0.5) is 5.69 Å². The zero-order valence-electron chi connectivity index (χ0n) is 15.4. The van der Waals surface area contributed by atoms with Gasteiger partial charge < -0.3 is 21.0 Å². The Morgan fingerprint density at radius 1 is 1.04 bits per heavy atom. The Kier molecular flexibility index (Phi) is 12.9. The van der Waals surface area contributed by atoms with E-state index in [1.54, 1.807) is 0 Å². The Morgan fingerprint density at radius 3 is 2.15 bits per heavy atom. The molecule has 8 heteroatoms. The van der Waals surface area contributed by atoms with Crippen LogP contribution in [0.3, 0.4) is 0 Å². The van der Waals surface area contributed by atoms with Gasteiger partial charge in [0.1, 0.15) is 0 Å². The molecule has 1 aliphatic heterocycles. The fraction of sp³-hybridized carbons (Fsp3) is 0.556. The minimum Gasteiger partial charge on any atom is -0.473 e. The number of rotatable bonds is 7. The van der Waals surface area contributed by atoms with E-state index >= 15 is 0 Å². The lowest BCUT2D eigenvalue weighted by Crippen LogP contribution is -2.46. The number of aliphatic carboxylic acids is 2. The number of carbonyl (C=O) groups is 2. The van der Waals surface area contributed by atoms with Crippen LogP contribution in [0.25, 0.3) is 0 Å². The second-order valence-electron chi connectivity index (χ2n) is 5.99. The molecule has 0 saturated carbocycles. The molecule has 1 aromatic carbocycles. The Labute approximate surface area is 154 Å². The maximum atomic E-state index is 9.10. The average molecular weight is 369 g/mol. The first kappa shape index (κ1) is 23.8. The number of nitrogens with zero attached hydrogens (tertiary/aromatic N) is 2. The number of benzene rings is 1. The second-order valence-corrected chi connectivity index (χ2v) is 5.99. The molecular formula is C18H31N3O5. The van der Waals surface area contributed by atoms with Gasteiger partial charge in [-0.25, -0.2) is 9.59 Å².